The first-order chi connectivity index (χ1) is 5.05. The zero-order valence-corrected chi connectivity index (χ0v) is 12.5. The van der Waals surface area contributed by atoms with Crippen molar-refractivity contribution in [3.8, 4) is 0 Å². The number of likely N-dealkylation sites (N-methyl/N-ethyl adjacent to an activating group) is 1. The van der Waals surface area contributed by atoms with E-state index in [4.69, 9.17) is 2.69 Å². The van der Waals surface area contributed by atoms with Crippen LogP contribution in [0.5, 0.6) is 0 Å². The fraction of sp³-hybridized carbons (Fsp3) is 1.00. The van der Waals surface area contributed by atoms with Crippen molar-refractivity contribution in [3.63, 3.8) is 0 Å². The molecular formula is C8H19NOPb. The minimum absolute atomic E-state index is 0.0662. The van der Waals surface area contributed by atoms with Crippen molar-refractivity contribution in [2.45, 2.75) is 33.3 Å². The summed E-state index contributed by atoms with van der Waals surface area (Å²) < 4.78 is 5.50. The van der Waals surface area contributed by atoms with E-state index < -0.39 is 0 Å². The van der Waals surface area contributed by atoms with Crippen molar-refractivity contribution in [1.29, 1.82) is 0 Å². The van der Waals surface area contributed by atoms with E-state index in [1.807, 2.05) is 0 Å². The Labute approximate surface area is 86.6 Å². The number of rotatable bonds is 5. The third-order valence-corrected chi connectivity index (χ3v) is 4.30. The topological polar surface area (TPSA) is 12.5 Å². The Morgan fingerprint density at radius 3 is 2.00 bits per heavy atom. The van der Waals surface area contributed by atoms with Crippen LogP contribution >= 0.6 is 0 Å². The van der Waals surface area contributed by atoms with Crippen LogP contribution in [0.25, 0.3) is 0 Å². The van der Waals surface area contributed by atoms with Gasteiger partial charge in [0.15, 0.2) is 0 Å². The molecule has 0 aromatic carbocycles. The van der Waals surface area contributed by atoms with Crippen molar-refractivity contribution < 1.29 is 2.69 Å². The molecule has 0 saturated heterocycles. The Morgan fingerprint density at radius 1 is 1.27 bits per heavy atom. The van der Waals surface area contributed by atoms with E-state index in [2.05, 4.69) is 32.6 Å². The molecule has 0 unspecified atom stereocenters. The van der Waals surface area contributed by atoms with Crippen LogP contribution in [0.2, 0.25) is 0 Å². The van der Waals surface area contributed by atoms with Gasteiger partial charge < -0.3 is 0 Å². The Morgan fingerprint density at radius 2 is 1.73 bits per heavy atom. The molecule has 66 valence electrons. The van der Waals surface area contributed by atoms with Gasteiger partial charge >= 0.3 is 86.7 Å². The van der Waals surface area contributed by atoms with Gasteiger partial charge in [-0.15, -0.1) is 0 Å². The van der Waals surface area contributed by atoms with Crippen molar-refractivity contribution in [2.24, 2.45) is 0 Å². The fourth-order valence-corrected chi connectivity index (χ4v) is 1.31. The fourth-order valence-electron chi connectivity index (χ4n) is 1.02. The predicted molar refractivity (Wildman–Crippen MR) is 50.1 cm³/mol. The van der Waals surface area contributed by atoms with Crippen LogP contribution in [0.1, 0.15) is 27.7 Å². The van der Waals surface area contributed by atoms with Crippen LogP contribution < -0.4 is 0 Å². The normalized spacial score (nSPS) is 12.5. The molecule has 2 nitrogen and oxygen atoms in total. The molecule has 0 aliphatic carbocycles. The van der Waals surface area contributed by atoms with Gasteiger partial charge in [0.1, 0.15) is 0 Å². The van der Waals surface area contributed by atoms with Crippen LogP contribution in [-0.2, 0) is 2.69 Å². The van der Waals surface area contributed by atoms with E-state index in [1.54, 1.807) is 0 Å². The Bertz CT molecular complexity index is 102. The molecule has 0 N–H and O–H groups in total. The molecule has 0 aliphatic rings. The maximum absolute atomic E-state index is 5.50. The summed E-state index contributed by atoms with van der Waals surface area (Å²) in [5.74, 6) is 0. The zero-order valence-electron chi connectivity index (χ0n) is 8.05. The molecule has 0 aromatic heterocycles. The van der Waals surface area contributed by atoms with Crippen molar-refractivity contribution in [2.75, 3.05) is 19.6 Å². The zero-order chi connectivity index (χ0) is 8.91. The molecule has 0 heterocycles. The second-order valence-electron chi connectivity index (χ2n) is 3.34. The summed E-state index contributed by atoms with van der Waals surface area (Å²) in [6.07, 6.45) is 0. The van der Waals surface area contributed by atoms with E-state index in [-0.39, 0.29) is 5.60 Å². The maximum atomic E-state index is 5.50. The van der Waals surface area contributed by atoms with Gasteiger partial charge in [-0.3, -0.25) is 0 Å². The van der Waals surface area contributed by atoms with E-state index in [0.717, 1.165) is 19.6 Å². The predicted octanol–water partition coefficient (Wildman–Crippen LogP) is 0.939. The molecule has 0 aliphatic heterocycles. The van der Waals surface area contributed by atoms with Gasteiger partial charge in [-0.2, -0.15) is 0 Å². The van der Waals surface area contributed by atoms with Crippen LogP contribution in [-0.4, -0.2) is 56.4 Å². The summed E-state index contributed by atoms with van der Waals surface area (Å²) in [6.45, 7) is 12.0. The van der Waals surface area contributed by atoms with Crippen molar-refractivity contribution in [3.05, 3.63) is 0 Å². The summed E-state index contributed by atoms with van der Waals surface area (Å²) in [4.78, 5) is 2.39. The van der Waals surface area contributed by atoms with Gasteiger partial charge in [0.25, 0.3) is 0 Å². The van der Waals surface area contributed by atoms with Gasteiger partial charge in [-0.05, 0) is 0 Å². The number of hydrogen-bond acceptors (Lipinski definition) is 2. The van der Waals surface area contributed by atoms with Gasteiger partial charge in [0, 0.05) is 0 Å². The van der Waals surface area contributed by atoms with E-state index in [1.165, 1.54) is 0 Å². The van der Waals surface area contributed by atoms with Crippen LogP contribution in [0.3, 0.4) is 0 Å². The molecule has 0 spiro atoms. The molecule has 0 rings (SSSR count). The molecule has 0 atom stereocenters. The van der Waals surface area contributed by atoms with E-state index in [9.17, 15) is 0 Å². The van der Waals surface area contributed by atoms with E-state index >= 15 is 0 Å². The van der Waals surface area contributed by atoms with Gasteiger partial charge in [-0.25, -0.2) is 0 Å². The molecule has 3 heteroatoms. The first-order valence-corrected chi connectivity index (χ1v) is 5.99. The minimum atomic E-state index is 0.0662. The van der Waals surface area contributed by atoms with Crippen LogP contribution in [0.4, 0.5) is 0 Å². The van der Waals surface area contributed by atoms with Gasteiger partial charge in [-0.1, -0.05) is 0 Å². The monoisotopic (exact) mass is 353 g/mol. The first-order valence-electron chi connectivity index (χ1n) is 4.16. The van der Waals surface area contributed by atoms with Crippen LogP contribution in [0, 0.1) is 0 Å². The molecule has 0 saturated carbocycles. The SMILES string of the molecule is CCN(CC)CC(C)(C)[O][PbH]. The Kier molecular flexibility index (Phi) is 5.90. The molecule has 0 amide bonds. The second kappa shape index (κ2) is 5.48. The molecule has 0 fully saturated rings. The Balaban J connectivity index is 3.79. The quantitative estimate of drug-likeness (QED) is 0.683. The first kappa shape index (κ1) is 11.8. The summed E-state index contributed by atoms with van der Waals surface area (Å²) in [6, 6.07) is 0. The van der Waals surface area contributed by atoms with Gasteiger partial charge in [0.05, 0.1) is 0 Å². The molecule has 11 heavy (non-hydrogen) atoms. The summed E-state index contributed by atoms with van der Waals surface area (Å²) in [5.41, 5.74) is 0.0662. The molecule has 2 radical (unpaired) electrons. The third-order valence-electron chi connectivity index (χ3n) is 1.82. The third kappa shape index (κ3) is 5.14. The molecule has 0 aromatic rings. The number of nitrogens with zero attached hydrogens (tertiary/aromatic N) is 1. The van der Waals surface area contributed by atoms with Crippen molar-refractivity contribution >= 4 is 26.2 Å². The van der Waals surface area contributed by atoms with E-state index in [0.29, 0.717) is 26.2 Å². The van der Waals surface area contributed by atoms with Crippen molar-refractivity contribution in [1.82, 2.24) is 4.90 Å². The van der Waals surface area contributed by atoms with Gasteiger partial charge in [0.2, 0.25) is 0 Å². The van der Waals surface area contributed by atoms with Crippen LogP contribution in [0.15, 0.2) is 0 Å². The molecular weight excluding hydrogens is 333 g/mol. The average Bonchev–Trinajstić information content (AvgIpc) is 2.00. The molecule has 0 bridgehead atoms. The summed E-state index contributed by atoms with van der Waals surface area (Å²) in [7, 11) is 0. The Hall–Kier alpha value is 0.842. The standard InChI is InChI=1S/C8H18NO.Pb.H/c1-5-9(6-2)7-8(3,4)10;;/h5-7H2,1-4H3;;/q-1;+1;. The second-order valence-corrected chi connectivity index (χ2v) is 4.26. The average molecular weight is 352 g/mol. The number of hydrogen-bond donors (Lipinski definition) is 0. The summed E-state index contributed by atoms with van der Waals surface area (Å²) >= 11 is 0.644. The summed E-state index contributed by atoms with van der Waals surface area (Å²) in [5, 5.41) is 0.